The van der Waals surface area contributed by atoms with Crippen LogP contribution in [0.15, 0.2) is 30.5 Å². The largest absolute Gasteiger partial charge is 0.497 e. The van der Waals surface area contributed by atoms with E-state index in [2.05, 4.69) is 5.10 Å². The minimum Gasteiger partial charge on any atom is -0.497 e. The summed E-state index contributed by atoms with van der Waals surface area (Å²) in [6.45, 7) is 0. The highest BCUT2D eigenvalue weighted by molar-refractivity contribution is 5.76. The summed E-state index contributed by atoms with van der Waals surface area (Å²) in [4.78, 5) is 11.3. The van der Waals surface area contributed by atoms with Crippen LogP contribution in [-0.4, -0.2) is 23.2 Å². The summed E-state index contributed by atoms with van der Waals surface area (Å²) in [5.74, 6) is 1.25. The smallest absolute Gasteiger partial charge is 0.153 e. The number of hydrogen-bond acceptors (Lipinski definition) is 3. The van der Waals surface area contributed by atoms with Gasteiger partial charge >= 0.3 is 0 Å². The number of hydrogen-bond donors (Lipinski definition) is 0. The summed E-state index contributed by atoms with van der Waals surface area (Å²) in [6, 6.07) is 7.68. The van der Waals surface area contributed by atoms with Crippen LogP contribution in [0.2, 0.25) is 0 Å². The van der Waals surface area contributed by atoms with Crippen molar-refractivity contribution in [2.45, 2.75) is 31.6 Å². The van der Waals surface area contributed by atoms with Gasteiger partial charge in [0.2, 0.25) is 0 Å². The molecule has 0 spiro atoms. The van der Waals surface area contributed by atoms with Crippen molar-refractivity contribution in [3.05, 3.63) is 41.7 Å². The van der Waals surface area contributed by atoms with E-state index >= 15 is 0 Å². The van der Waals surface area contributed by atoms with Gasteiger partial charge in [-0.1, -0.05) is 12.8 Å². The van der Waals surface area contributed by atoms with E-state index in [0.717, 1.165) is 36.3 Å². The summed E-state index contributed by atoms with van der Waals surface area (Å²) < 4.78 is 6.94. The van der Waals surface area contributed by atoms with Crippen LogP contribution >= 0.6 is 0 Å². The first-order valence-corrected chi connectivity index (χ1v) is 7.01. The van der Waals surface area contributed by atoms with Crippen molar-refractivity contribution in [3.63, 3.8) is 0 Å². The minimum absolute atomic E-state index is 0.440. The SMILES string of the molecule is COc1ccc(-n2cc(C=O)c(C3CCCC3)n2)cc1. The van der Waals surface area contributed by atoms with Gasteiger partial charge in [0.25, 0.3) is 0 Å². The Labute approximate surface area is 118 Å². The molecule has 1 saturated carbocycles. The summed E-state index contributed by atoms with van der Waals surface area (Å²) in [7, 11) is 1.64. The van der Waals surface area contributed by atoms with Gasteiger partial charge in [0, 0.05) is 12.1 Å². The average Bonchev–Trinajstić information content (AvgIpc) is 3.16. The summed E-state index contributed by atoms with van der Waals surface area (Å²) in [6.07, 6.45) is 7.49. The highest BCUT2D eigenvalue weighted by Crippen LogP contribution is 2.34. The number of rotatable bonds is 4. The first-order chi connectivity index (χ1) is 9.81. The van der Waals surface area contributed by atoms with E-state index in [0.29, 0.717) is 11.5 Å². The Morgan fingerprint density at radius 1 is 1.25 bits per heavy atom. The van der Waals surface area contributed by atoms with Gasteiger partial charge in [0.1, 0.15) is 5.75 Å². The fraction of sp³-hybridized carbons (Fsp3) is 0.375. The monoisotopic (exact) mass is 270 g/mol. The van der Waals surface area contributed by atoms with Crippen LogP contribution in [0.4, 0.5) is 0 Å². The molecule has 0 N–H and O–H groups in total. The number of nitrogens with zero attached hydrogens (tertiary/aromatic N) is 2. The molecule has 0 radical (unpaired) electrons. The Hall–Kier alpha value is -2.10. The molecule has 4 nitrogen and oxygen atoms in total. The maximum absolute atomic E-state index is 11.3. The van der Waals surface area contributed by atoms with Crippen molar-refractivity contribution >= 4 is 6.29 Å². The third kappa shape index (κ3) is 2.33. The van der Waals surface area contributed by atoms with Crippen molar-refractivity contribution in [1.29, 1.82) is 0 Å². The van der Waals surface area contributed by atoms with Crippen LogP contribution in [0, 0.1) is 0 Å². The molecule has 1 aromatic carbocycles. The second kappa shape index (κ2) is 5.49. The quantitative estimate of drug-likeness (QED) is 0.800. The second-order valence-corrected chi connectivity index (χ2v) is 5.21. The van der Waals surface area contributed by atoms with Gasteiger partial charge in [0.05, 0.1) is 24.1 Å². The predicted molar refractivity (Wildman–Crippen MR) is 76.7 cm³/mol. The Balaban J connectivity index is 1.94. The predicted octanol–water partition coefficient (Wildman–Crippen LogP) is 3.35. The molecule has 20 heavy (non-hydrogen) atoms. The summed E-state index contributed by atoms with van der Waals surface area (Å²) >= 11 is 0. The molecular formula is C16H18N2O2. The summed E-state index contributed by atoms with van der Waals surface area (Å²) in [5.41, 5.74) is 2.61. The Morgan fingerprint density at radius 3 is 2.55 bits per heavy atom. The molecule has 2 aromatic rings. The van der Waals surface area contributed by atoms with Gasteiger partial charge in [-0.15, -0.1) is 0 Å². The molecule has 0 amide bonds. The van der Waals surface area contributed by atoms with Gasteiger partial charge in [-0.25, -0.2) is 4.68 Å². The maximum Gasteiger partial charge on any atom is 0.153 e. The number of benzene rings is 1. The van der Waals surface area contributed by atoms with Crippen LogP contribution in [0.5, 0.6) is 5.75 Å². The maximum atomic E-state index is 11.3. The van der Waals surface area contributed by atoms with Gasteiger partial charge in [-0.05, 0) is 37.1 Å². The van der Waals surface area contributed by atoms with Gasteiger partial charge in [-0.3, -0.25) is 4.79 Å². The molecule has 1 fully saturated rings. The minimum atomic E-state index is 0.440. The topological polar surface area (TPSA) is 44.1 Å². The molecule has 0 unspecified atom stereocenters. The number of methoxy groups -OCH3 is 1. The van der Waals surface area contributed by atoms with Crippen LogP contribution < -0.4 is 4.74 Å². The lowest BCUT2D eigenvalue weighted by atomic mass is 10.0. The number of aldehydes is 1. The van der Waals surface area contributed by atoms with E-state index in [-0.39, 0.29) is 0 Å². The molecule has 3 rings (SSSR count). The Morgan fingerprint density at radius 2 is 1.95 bits per heavy atom. The van der Waals surface area contributed by atoms with Crippen molar-refractivity contribution in [3.8, 4) is 11.4 Å². The van der Waals surface area contributed by atoms with Crippen LogP contribution in [0.1, 0.15) is 47.7 Å². The van der Waals surface area contributed by atoms with Crippen molar-refractivity contribution < 1.29 is 9.53 Å². The number of ether oxygens (including phenoxy) is 1. The van der Waals surface area contributed by atoms with Crippen molar-refractivity contribution in [2.24, 2.45) is 0 Å². The van der Waals surface area contributed by atoms with E-state index in [1.807, 2.05) is 30.5 Å². The third-order valence-electron chi connectivity index (χ3n) is 3.98. The van der Waals surface area contributed by atoms with Gasteiger partial charge in [-0.2, -0.15) is 5.10 Å². The van der Waals surface area contributed by atoms with Gasteiger partial charge in [0.15, 0.2) is 6.29 Å². The van der Waals surface area contributed by atoms with Gasteiger partial charge < -0.3 is 4.74 Å². The zero-order valence-electron chi connectivity index (χ0n) is 11.6. The number of carbonyl (C=O) groups is 1. The lowest BCUT2D eigenvalue weighted by molar-refractivity contribution is 0.112. The van der Waals surface area contributed by atoms with E-state index in [1.54, 1.807) is 11.8 Å². The van der Waals surface area contributed by atoms with Crippen molar-refractivity contribution in [1.82, 2.24) is 9.78 Å². The highest BCUT2D eigenvalue weighted by atomic mass is 16.5. The molecule has 0 saturated heterocycles. The van der Waals surface area contributed by atoms with E-state index < -0.39 is 0 Å². The molecule has 1 aliphatic rings. The Kier molecular flexibility index (Phi) is 3.54. The molecule has 1 aliphatic carbocycles. The molecule has 104 valence electrons. The van der Waals surface area contributed by atoms with Crippen LogP contribution in [0.25, 0.3) is 5.69 Å². The first-order valence-electron chi connectivity index (χ1n) is 7.01. The molecule has 1 heterocycles. The van der Waals surface area contributed by atoms with Crippen molar-refractivity contribution in [2.75, 3.05) is 7.11 Å². The lowest BCUT2D eigenvalue weighted by Crippen LogP contribution is -1.99. The summed E-state index contributed by atoms with van der Waals surface area (Å²) in [5, 5.41) is 4.63. The van der Waals surface area contributed by atoms with Crippen LogP contribution in [0.3, 0.4) is 0 Å². The fourth-order valence-corrected chi connectivity index (χ4v) is 2.88. The molecule has 0 aliphatic heterocycles. The molecule has 0 atom stereocenters. The zero-order valence-corrected chi connectivity index (χ0v) is 11.6. The number of aromatic nitrogens is 2. The number of carbonyl (C=O) groups excluding carboxylic acids is 1. The second-order valence-electron chi connectivity index (χ2n) is 5.21. The fourth-order valence-electron chi connectivity index (χ4n) is 2.88. The lowest BCUT2D eigenvalue weighted by Gasteiger charge is -2.06. The highest BCUT2D eigenvalue weighted by Gasteiger charge is 2.23. The standard InChI is InChI=1S/C16H18N2O2/c1-20-15-8-6-14(7-9-15)18-10-13(11-19)16(17-18)12-4-2-3-5-12/h6-12H,2-5H2,1H3. The average molecular weight is 270 g/mol. The molecular weight excluding hydrogens is 252 g/mol. The van der Waals surface area contributed by atoms with Crippen LogP contribution in [-0.2, 0) is 0 Å². The van der Waals surface area contributed by atoms with E-state index in [9.17, 15) is 4.79 Å². The normalized spacial score (nSPS) is 15.4. The zero-order chi connectivity index (χ0) is 13.9. The van der Waals surface area contributed by atoms with E-state index in [4.69, 9.17) is 4.74 Å². The first kappa shape index (κ1) is 12.9. The third-order valence-corrected chi connectivity index (χ3v) is 3.98. The molecule has 1 aromatic heterocycles. The Bertz CT molecular complexity index is 595. The molecule has 4 heteroatoms. The van der Waals surface area contributed by atoms with E-state index in [1.165, 1.54) is 12.8 Å². The molecule has 0 bridgehead atoms.